The minimum absolute atomic E-state index is 0.0108. The number of hydrogen-bond donors (Lipinski definition) is 2. The molecule has 3 aromatic rings. The third-order valence-corrected chi connectivity index (χ3v) is 5.28. The van der Waals surface area contributed by atoms with Crippen LogP contribution in [-0.2, 0) is 6.61 Å². The zero-order chi connectivity index (χ0) is 23.3. The van der Waals surface area contributed by atoms with Gasteiger partial charge in [-0.25, -0.2) is 8.78 Å². The fourth-order valence-corrected chi connectivity index (χ4v) is 3.32. The number of nitrogens with zero attached hydrogens (tertiary/aromatic N) is 2. The van der Waals surface area contributed by atoms with E-state index in [4.69, 9.17) is 10.5 Å². The molecule has 0 fully saturated rings. The van der Waals surface area contributed by atoms with Crippen molar-refractivity contribution in [3.63, 3.8) is 0 Å². The number of amides is 1. The molecule has 0 aliphatic carbocycles. The van der Waals surface area contributed by atoms with Gasteiger partial charge in [0.25, 0.3) is 11.5 Å². The van der Waals surface area contributed by atoms with Crippen LogP contribution in [0.25, 0.3) is 5.69 Å². The van der Waals surface area contributed by atoms with Crippen LogP contribution in [0, 0.1) is 18.6 Å². The second-order valence-corrected chi connectivity index (χ2v) is 7.68. The number of aromatic nitrogens is 2. The lowest BCUT2D eigenvalue weighted by molar-refractivity contribution is 0.0953. The van der Waals surface area contributed by atoms with Gasteiger partial charge >= 0.3 is 0 Å². The van der Waals surface area contributed by atoms with E-state index in [1.54, 1.807) is 31.2 Å². The summed E-state index contributed by atoms with van der Waals surface area (Å²) in [6, 6.07) is 9.62. The molecule has 3 rings (SSSR count). The van der Waals surface area contributed by atoms with Crippen LogP contribution in [0.15, 0.2) is 51.7 Å². The second-order valence-electron chi connectivity index (χ2n) is 6.89. The van der Waals surface area contributed by atoms with Gasteiger partial charge < -0.3 is 15.8 Å². The van der Waals surface area contributed by atoms with Crippen LogP contribution in [0.5, 0.6) is 5.88 Å². The van der Waals surface area contributed by atoms with Gasteiger partial charge in [0.2, 0.25) is 5.88 Å². The molecule has 0 aliphatic rings. The molecule has 0 radical (unpaired) electrons. The van der Waals surface area contributed by atoms with Gasteiger partial charge in [-0.1, -0.05) is 0 Å². The van der Waals surface area contributed by atoms with Crippen LogP contribution in [0.2, 0.25) is 0 Å². The molecule has 0 atom stereocenters. The van der Waals surface area contributed by atoms with E-state index in [-0.39, 0.29) is 28.4 Å². The number of carbonyl (C=O) groups is 1. The zero-order valence-corrected chi connectivity index (χ0v) is 18.8. The number of carbonyl (C=O) groups excluding carboxylic acids is 1. The molecule has 32 heavy (non-hydrogen) atoms. The Bertz CT molecular complexity index is 1180. The summed E-state index contributed by atoms with van der Waals surface area (Å²) in [7, 11) is 0. The Kier molecular flexibility index (Phi) is 7.70. The second kappa shape index (κ2) is 10.5. The van der Waals surface area contributed by atoms with Gasteiger partial charge in [0.1, 0.15) is 28.5 Å². The van der Waals surface area contributed by atoms with Gasteiger partial charge in [-0.15, -0.1) is 0 Å². The average molecular weight is 507 g/mol. The maximum Gasteiger partial charge on any atom is 0.276 e. The summed E-state index contributed by atoms with van der Waals surface area (Å²) >= 11 is 3.19. The van der Waals surface area contributed by atoms with Gasteiger partial charge in [0.05, 0.1) is 5.69 Å². The van der Waals surface area contributed by atoms with Crippen LogP contribution in [0.1, 0.15) is 28.2 Å². The standard InChI is InChI=1S/C22H21BrF2N4O3/c1-13-28-21(32-12-15-3-6-16(24)11-18(15)25)19(23)22(31)29(13)17-7-4-14(5-8-17)20(30)27-10-2-9-26/h3-8,11H,2,9-10,12,26H2,1H3,(H,27,30). The highest BCUT2D eigenvalue weighted by Gasteiger charge is 2.16. The van der Waals surface area contributed by atoms with Gasteiger partial charge in [-0.2, -0.15) is 4.98 Å². The largest absolute Gasteiger partial charge is 0.472 e. The molecule has 1 amide bonds. The van der Waals surface area contributed by atoms with E-state index in [9.17, 15) is 18.4 Å². The normalized spacial score (nSPS) is 10.8. The van der Waals surface area contributed by atoms with E-state index in [1.807, 2.05) is 0 Å². The van der Waals surface area contributed by atoms with Crippen molar-refractivity contribution in [2.45, 2.75) is 20.0 Å². The lowest BCUT2D eigenvalue weighted by atomic mass is 10.2. The summed E-state index contributed by atoms with van der Waals surface area (Å²) in [6.07, 6.45) is 0.681. The molecule has 168 valence electrons. The highest BCUT2D eigenvalue weighted by atomic mass is 79.9. The van der Waals surface area contributed by atoms with E-state index in [0.29, 0.717) is 36.6 Å². The van der Waals surface area contributed by atoms with Crippen LogP contribution in [0.4, 0.5) is 8.78 Å². The molecular weight excluding hydrogens is 486 g/mol. The van der Waals surface area contributed by atoms with E-state index in [0.717, 1.165) is 12.1 Å². The Morgan fingerprint density at radius 3 is 2.59 bits per heavy atom. The molecule has 3 N–H and O–H groups in total. The summed E-state index contributed by atoms with van der Waals surface area (Å²) in [5, 5.41) is 2.76. The minimum Gasteiger partial charge on any atom is -0.472 e. The number of hydrogen-bond acceptors (Lipinski definition) is 5. The summed E-state index contributed by atoms with van der Waals surface area (Å²) in [4.78, 5) is 29.3. The smallest absolute Gasteiger partial charge is 0.276 e. The first kappa shape index (κ1) is 23.6. The lowest BCUT2D eigenvalue weighted by Crippen LogP contribution is -2.26. The molecule has 1 aromatic heterocycles. The van der Waals surface area contributed by atoms with Crippen LogP contribution in [0.3, 0.4) is 0 Å². The predicted octanol–water partition coefficient (Wildman–Crippen LogP) is 3.24. The van der Waals surface area contributed by atoms with E-state index in [2.05, 4.69) is 26.2 Å². The maximum absolute atomic E-state index is 13.8. The van der Waals surface area contributed by atoms with Crippen molar-refractivity contribution in [2.24, 2.45) is 5.73 Å². The third kappa shape index (κ3) is 5.38. The summed E-state index contributed by atoms with van der Waals surface area (Å²) < 4.78 is 33.8. The minimum atomic E-state index is -0.752. The SMILES string of the molecule is Cc1nc(OCc2ccc(F)cc2F)c(Br)c(=O)n1-c1ccc(C(=O)NCCCN)cc1. The highest BCUT2D eigenvalue weighted by molar-refractivity contribution is 9.10. The van der Waals surface area contributed by atoms with Crippen molar-refractivity contribution in [1.82, 2.24) is 14.9 Å². The van der Waals surface area contributed by atoms with Crippen molar-refractivity contribution in [1.29, 1.82) is 0 Å². The molecule has 0 aliphatic heterocycles. The Hall–Kier alpha value is -3.11. The Morgan fingerprint density at radius 2 is 1.94 bits per heavy atom. The molecule has 0 spiro atoms. The molecule has 0 unspecified atom stereocenters. The van der Waals surface area contributed by atoms with E-state index in [1.165, 1.54) is 10.6 Å². The predicted molar refractivity (Wildman–Crippen MR) is 119 cm³/mol. The van der Waals surface area contributed by atoms with Crippen molar-refractivity contribution < 1.29 is 18.3 Å². The number of benzene rings is 2. The van der Waals surface area contributed by atoms with Crippen molar-refractivity contribution in [3.05, 3.63) is 85.9 Å². The first-order valence-corrected chi connectivity index (χ1v) is 10.6. The highest BCUT2D eigenvalue weighted by Crippen LogP contribution is 2.22. The Labute approximate surface area is 191 Å². The molecule has 2 aromatic carbocycles. The van der Waals surface area contributed by atoms with E-state index >= 15 is 0 Å². The number of nitrogens with two attached hydrogens (primary N) is 1. The molecule has 1 heterocycles. The number of aryl methyl sites for hydroxylation is 1. The monoisotopic (exact) mass is 506 g/mol. The zero-order valence-electron chi connectivity index (χ0n) is 17.2. The molecule has 0 bridgehead atoms. The van der Waals surface area contributed by atoms with Gasteiger partial charge in [0, 0.05) is 23.7 Å². The topological polar surface area (TPSA) is 99.2 Å². The lowest BCUT2D eigenvalue weighted by Gasteiger charge is -2.14. The van der Waals surface area contributed by atoms with Gasteiger partial charge in [0.15, 0.2) is 0 Å². The first-order chi connectivity index (χ1) is 15.3. The first-order valence-electron chi connectivity index (χ1n) is 9.76. The molecule has 7 nitrogen and oxygen atoms in total. The van der Waals surface area contributed by atoms with Crippen LogP contribution in [-0.4, -0.2) is 28.5 Å². The molecule has 0 saturated heterocycles. The van der Waals surface area contributed by atoms with Crippen LogP contribution >= 0.6 is 15.9 Å². The summed E-state index contributed by atoms with van der Waals surface area (Å²) in [5.41, 5.74) is 6.06. The number of ether oxygens (including phenoxy) is 1. The van der Waals surface area contributed by atoms with Gasteiger partial charge in [-0.05, 0) is 72.2 Å². The van der Waals surface area contributed by atoms with Crippen molar-refractivity contribution in [2.75, 3.05) is 13.1 Å². The third-order valence-electron chi connectivity index (χ3n) is 4.60. The molecule has 10 heteroatoms. The van der Waals surface area contributed by atoms with E-state index < -0.39 is 17.2 Å². The Balaban J connectivity index is 1.81. The fourth-order valence-electron chi connectivity index (χ4n) is 2.94. The number of halogens is 3. The van der Waals surface area contributed by atoms with Crippen molar-refractivity contribution >= 4 is 21.8 Å². The summed E-state index contributed by atoms with van der Waals surface area (Å²) in [5.74, 6) is -1.36. The quantitative estimate of drug-likeness (QED) is 0.457. The van der Waals surface area contributed by atoms with Gasteiger partial charge in [-0.3, -0.25) is 14.2 Å². The van der Waals surface area contributed by atoms with Crippen LogP contribution < -0.4 is 21.3 Å². The van der Waals surface area contributed by atoms with Crippen molar-refractivity contribution in [3.8, 4) is 11.6 Å². The maximum atomic E-state index is 13.8. The summed E-state index contributed by atoms with van der Waals surface area (Å²) in [6.45, 7) is 2.36. The fraction of sp³-hybridized carbons (Fsp3) is 0.227. The number of rotatable bonds is 8. The molecular formula is C22H21BrF2N4O3. The average Bonchev–Trinajstić information content (AvgIpc) is 2.77. The number of nitrogens with one attached hydrogen (secondary N) is 1. The molecule has 0 saturated carbocycles. The Morgan fingerprint density at radius 1 is 1.22 bits per heavy atom.